The number of benzene rings is 1. The van der Waals surface area contributed by atoms with Crippen molar-refractivity contribution in [1.82, 2.24) is 20.2 Å². The first kappa shape index (κ1) is 16.5. The minimum atomic E-state index is -0.523. The Kier molecular flexibility index (Phi) is 4.26. The maximum atomic E-state index is 12.7. The van der Waals surface area contributed by atoms with E-state index >= 15 is 0 Å². The molecule has 0 aliphatic carbocycles. The second-order valence-corrected chi connectivity index (χ2v) is 7.09. The van der Waals surface area contributed by atoms with Crippen molar-refractivity contribution in [3.05, 3.63) is 54.4 Å². The molecule has 0 bridgehead atoms. The highest BCUT2D eigenvalue weighted by molar-refractivity contribution is 8.00. The lowest BCUT2D eigenvalue weighted by Crippen LogP contribution is -2.31. The number of carbonyl (C=O) groups excluding carboxylic acids is 2. The summed E-state index contributed by atoms with van der Waals surface area (Å²) >= 11 is 1.20. The number of thioether (sulfide) groups is 1. The smallest absolute Gasteiger partial charge is 0.247 e. The molecule has 4 rings (SSSR count). The number of aryl methyl sites for hydroxylation is 1. The third-order valence-corrected chi connectivity index (χ3v) is 5.11. The summed E-state index contributed by atoms with van der Waals surface area (Å²) in [5, 5.41) is 6.92. The zero-order valence-corrected chi connectivity index (χ0v) is 14.7. The number of anilines is 1. The number of nitrogens with zero attached hydrogens (tertiary/aromatic N) is 4. The molecule has 7 nitrogen and oxygen atoms in total. The standard InChI is InChI=1S/C18H15N5O2S/c1-11-2-4-13(5-3-11)23-15(24)10-14(17(23)25)26-18-20-16(21-22-18)12-6-8-19-9-7-12/h2-9,14H,10H2,1H3,(H,20,21,22). The van der Waals surface area contributed by atoms with Gasteiger partial charge in [-0.05, 0) is 31.2 Å². The van der Waals surface area contributed by atoms with Crippen molar-refractivity contribution in [3.8, 4) is 11.4 Å². The van der Waals surface area contributed by atoms with Gasteiger partial charge in [-0.25, -0.2) is 9.88 Å². The minimum Gasteiger partial charge on any atom is -0.274 e. The Morgan fingerprint density at radius 3 is 2.58 bits per heavy atom. The van der Waals surface area contributed by atoms with Crippen LogP contribution in [0, 0.1) is 6.92 Å². The molecule has 1 aliphatic heterocycles. The average molecular weight is 365 g/mol. The molecule has 1 atom stereocenters. The zero-order chi connectivity index (χ0) is 18.1. The number of amides is 2. The normalized spacial score (nSPS) is 17.1. The lowest BCUT2D eigenvalue weighted by Gasteiger charge is -2.14. The van der Waals surface area contributed by atoms with Gasteiger partial charge in [0.15, 0.2) is 5.82 Å². The van der Waals surface area contributed by atoms with Crippen molar-refractivity contribution in [2.24, 2.45) is 0 Å². The average Bonchev–Trinajstić information content (AvgIpc) is 3.22. The summed E-state index contributed by atoms with van der Waals surface area (Å²) in [5.74, 6) is 0.155. The molecule has 8 heteroatoms. The Labute approximate surface area is 153 Å². The second-order valence-electron chi connectivity index (χ2n) is 5.92. The molecule has 1 N–H and O–H groups in total. The third-order valence-electron chi connectivity index (χ3n) is 4.06. The quantitative estimate of drug-likeness (QED) is 0.715. The van der Waals surface area contributed by atoms with E-state index in [-0.39, 0.29) is 18.2 Å². The van der Waals surface area contributed by atoms with Gasteiger partial charge in [0.25, 0.3) is 0 Å². The summed E-state index contributed by atoms with van der Waals surface area (Å²) in [7, 11) is 0. The van der Waals surface area contributed by atoms with Gasteiger partial charge in [0, 0.05) is 24.4 Å². The van der Waals surface area contributed by atoms with Crippen molar-refractivity contribution in [2.45, 2.75) is 23.8 Å². The summed E-state index contributed by atoms with van der Waals surface area (Å²) in [6.07, 6.45) is 3.48. The van der Waals surface area contributed by atoms with E-state index in [1.807, 2.05) is 31.2 Å². The Hall–Kier alpha value is -3.00. The summed E-state index contributed by atoms with van der Waals surface area (Å²) < 4.78 is 0. The van der Waals surface area contributed by atoms with Gasteiger partial charge in [-0.15, -0.1) is 5.10 Å². The van der Waals surface area contributed by atoms with Gasteiger partial charge >= 0.3 is 0 Å². The molecule has 1 saturated heterocycles. The van der Waals surface area contributed by atoms with E-state index in [0.717, 1.165) is 11.1 Å². The molecule has 3 aromatic rings. The fourth-order valence-electron chi connectivity index (χ4n) is 2.73. The highest BCUT2D eigenvalue weighted by Crippen LogP contribution is 2.33. The molecule has 1 unspecified atom stereocenters. The van der Waals surface area contributed by atoms with Gasteiger partial charge in [0.1, 0.15) is 5.25 Å². The molecule has 0 radical (unpaired) electrons. The number of nitrogens with one attached hydrogen (secondary N) is 1. The number of rotatable bonds is 4. The number of carbonyl (C=O) groups is 2. The number of aromatic amines is 1. The lowest BCUT2D eigenvalue weighted by atomic mass is 10.2. The number of H-pyrrole nitrogens is 1. The monoisotopic (exact) mass is 365 g/mol. The number of aromatic nitrogens is 4. The van der Waals surface area contributed by atoms with E-state index in [9.17, 15) is 9.59 Å². The largest absolute Gasteiger partial charge is 0.274 e. The van der Waals surface area contributed by atoms with Crippen molar-refractivity contribution >= 4 is 29.3 Å². The van der Waals surface area contributed by atoms with Crippen LogP contribution in [0.25, 0.3) is 11.4 Å². The van der Waals surface area contributed by atoms with Crippen molar-refractivity contribution in [1.29, 1.82) is 0 Å². The summed E-state index contributed by atoms with van der Waals surface area (Å²) in [4.78, 5) is 34.6. The van der Waals surface area contributed by atoms with Crippen molar-refractivity contribution in [2.75, 3.05) is 4.90 Å². The van der Waals surface area contributed by atoms with Gasteiger partial charge in [-0.2, -0.15) is 0 Å². The predicted molar refractivity (Wildman–Crippen MR) is 97.5 cm³/mol. The van der Waals surface area contributed by atoms with Crippen LogP contribution >= 0.6 is 11.8 Å². The second kappa shape index (κ2) is 6.72. The molecule has 3 heterocycles. The highest BCUT2D eigenvalue weighted by atomic mass is 32.2. The topological polar surface area (TPSA) is 91.8 Å². The van der Waals surface area contributed by atoms with E-state index in [1.54, 1.807) is 24.5 Å². The molecule has 1 aliphatic rings. The van der Waals surface area contributed by atoms with E-state index < -0.39 is 5.25 Å². The number of imide groups is 1. The number of pyridine rings is 1. The molecule has 0 spiro atoms. The first-order chi connectivity index (χ1) is 12.6. The van der Waals surface area contributed by atoms with Crippen LogP contribution in [0.4, 0.5) is 5.69 Å². The van der Waals surface area contributed by atoms with Crippen molar-refractivity contribution < 1.29 is 9.59 Å². The Morgan fingerprint density at radius 1 is 1.12 bits per heavy atom. The molecular weight excluding hydrogens is 350 g/mol. The van der Waals surface area contributed by atoms with E-state index in [1.165, 1.54) is 16.7 Å². The predicted octanol–water partition coefficient (Wildman–Crippen LogP) is 2.60. The number of hydrogen-bond acceptors (Lipinski definition) is 6. The van der Waals surface area contributed by atoms with Crippen LogP contribution in [0.5, 0.6) is 0 Å². The Morgan fingerprint density at radius 2 is 1.85 bits per heavy atom. The Balaban J connectivity index is 1.51. The Bertz CT molecular complexity index is 955. The maximum absolute atomic E-state index is 12.7. The first-order valence-corrected chi connectivity index (χ1v) is 8.93. The van der Waals surface area contributed by atoms with E-state index in [4.69, 9.17) is 0 Å². The van der Waals surface area contributed by atoms with Gasteiger partial charge in [0.05, 0.1) is 5.69 Å². The molecule has 2 amide bonds. The van der Waals surface area contributed by atoms with Crippen LogP contribution in [0.1, 0.15) is 12.0 Å². The first-order valence-electron chi connectivity index (χ1n) is 8.05. The molecular formula is C18H15N5O2S. The fourth-order valence-corrected chi connectivity index (χ4v) is 3.66. The fraction of sp³-hybridized carbons (Fsp3) is 0.167. The van der Waals surface area contributed by atoms with Crippen LogP contribution in [0.3, 0.4) is 0 Å². The molecule has 2 aromatic heterocycles. The minimum absolute atomic E-state index is 0.135. The van der Waals surface area contributed by atoms with Crippen molar-refractivity contribution in [3.63, 3.8) is 0 Å². The maximum Gasteiger partial charge on any atom is 0.247 e. The third kappa shape index (κ3) is 3.11. The molecule has 26 heavy (non-hydrogen) atoms. The summed E-state index contributed by atoms with van der Waals surface area (Å²) in [6.45, 7) is 1.96. The lowest BCUT2D eigenvalue weighted by molar-refractivity contribution is -0.121. The van der Waals surface area contributed by atoms with Crippen LogP contribution in [-0.4, -0.2) is 37.2 Å². The molecule has 130 valence electrons. The summed E-state index contributed by atoms with van der Waals surface area (Å²) in [6, 6.07) is 11.0. The van der Waals surface area contributed by atoms with E-state index in [0.29, 0.717) is 16.7 Å². The SMILES string of the molecule is Cc1ccc(N2C(=O)CC(Sc3n[nH]c(-c4ccncc4)n3)C2=O)cc1. The van der Waals surface area contributed by atoms with Gasteiger partial charge in [-0.1, -0.05) is 29.5 Å². The highest BCUT2D eigenvalue weighted by Gasteiger charge is 2.40. The van der Waals surface area contributed by atoms with E-state index in [2.05, 4.69) is 20.2 Å². The summed E-state index contributed by atoms with van der Waals surface area (Å²) in [5.41, 5.74) is 2.53. The number of hydrogen-bond donors (Lipinski definition) is 1. The van der Waals surface area contributed by atoms with Gasteiger partial charge < -0.3 is 0 Å². The van der Waals surface area contributed by atoms with Crippen LogP contribution in [0.2, 0.25) is 0 Å². The molecule has 0 saturated carbocycles. The van der Waals surface area contributed by atoms with Crippen LogP contribution in [-0.2, 0) is 9.59 Å². The van der Waals surface area contributed by atoms with Gasteiger partial charge in [-0.3, -0.25) is 19.7 Å². The van der Waals surface area contributed by atoms with Crippen LogP contribution < -0.4 is 4.90 Å². The van der Waals surface area contributed by atoms with Crippen LogP contribution in [0.15, 0.2) is 53.9 Å². The molecule has 1 fully saturated rings. The van der Waals surface area contributed by atoms with Gasteiger partial charge in [0.2, 0.25) is 17.0 Å². The molecule has 1 aromatic carbocycles. The zero-order valence-electron chi connectivity index (χ0n) is 13.9.